The van der Waals surface area contributed by atoms with Crippen molar-refractivity contribution in [2.24, 2.45) is 0 Å². The zero-order valence-electron chi connectivity index (χ0n) is 11.6. The van der Waals surface area contributed by atoms with Gasteiger partial charge in [-0.3, -0.25) is 0 Å². The zero-order chi connectivity index (χ0) is 13.3. The van der Waals surface area contributed by atoms with Crippen LogP contribution in [-0.2, 0) is 16.2 Å². The minimum atomic E-state index is -0.0516. The number of alkyl halides is 1. The van der Waals surface area contributed by atoms with Crippen molar-refractivity contribution in [3.05, 3.63) is 11.6 Å². The van der Waals surface area contributed by atoms with Gasteiger partial charge in [-0.2, -0.15) is 0 Å². The van der Waals surface area contributed by atoms with E-state index < -0.39 is 0 Å². The van der Waals surface area contributed by atoms with E-state index in [9.17, 15) is 0 Å². The number of hydrogen-bond acceptors (Lipinski definition) is 3. The van der Waals surface area contributed by atoms with Gasteiger partial charge in [-0.1, -0.05) is 6.92 Å². The highest BCUT2D eigenvalue weighted by Gasteiger charge is 2.35. The maximum atomic E-state index is 5.97. The molecule has 0 saturated carbocycles. The number of halogens is 1. The fraction of sp³-hybridized carbons (Fsp3) is 0.846. The molecule has 0 spiro atoms. The van der Waals surface area contributed by atoms with E-state index in [1.165, 1.54) is 0 Å². The van der Waals surface area contributed by atoms with Gasteiger partial charge in [-0.15, -0.1) is 21.8 Å². The average Bonchev–Trinajstić information content (AvgIpc) is 2.93. The molecule has 1 aromatic rings. The Morgan fingerprint density at radius 1 is 1.39 bits per heavy atom. The lowest BCUT2D eigenvalue weighted by molar-refractivity contribution is 0.0981. The molecule has 2 unspecified atom stereocenters. The van der Waals surface area contributed by atoms with Crippen LogP contribution in [0.1, 0.15) is 58.1 Å². The average molecular weight is 272 g/mol. The first-order chi connectivity index (χ1) is 8.49. The van der Waals surface area contributed by atoms with E-state index in [0.717, 1.165) is 31.1 Å². The number of aromatic nitrogens is 3. The summed E-state index contributed by atoms with van der Waals surface area (Å²) in [5.41, 5.74) is -0.0516. The quantitative estimate of drug-likeness (QED) is 0.794. The van der Waals surface area contributed by atoms with E-state index >= 15 is 0 Å². The second-order valence-electron chi connectivity index (χ2n) is 5.83. The monoisotopic (exact) mass is 271 g/mol. The minimum Gasteiger partial charge on any atom is -0.377 e. The summed E-state index contributed by atoms with van der Waals surface area (Å²) in [6.45, 7) is 9.45. The summed E-state index contributed by atoms with van der Waals surface area (Å²) in [6.07, 6.45) is 2.30. The highest BCUT2D eigenvalue weighted by molar-refractivity contribution is 6.16. The van der Waals surface area contributed by atoms with Crippen LogP contribution in [0.2, 0.25) is 0 Å². The Hall–Kier alpha value is -0.610. The van der Waals surface area contributed by atoms with Gasteiger partial charge in [0.05, 0.1) is 12.0 Å². The Morgan fingerprint density at radius 3 is 2.67 bits per heavy atom. The Labute approximate surface area is 114 Å². The summed E-state index contributed by atoms with van der Waals surface area (Å²) in [4.78, 5) is 0. The molecule has 0 radical (unpaired) electrons. The maximum Gasteiger partial charge on any atom is 0.148 e. The Bertz CT molecular complexity index is 411. The van der Waals surface area contributed by atoms with Gasteiger partial charge >= 0.3 is 0 Å². The minimum absolute atomic E-state index is 0.0516. The molecular weight excluding hydrogens is 250 g/mol. The van der Waals surface area contributed by atoms with Gasteiger partial charge in [0, 0.05) is 18.1 Å². The molecule has 4 nitrogen and oxygen atoms in total. The highest BCUT2D eigenvalue weighted by Crippen LogP contribution is 2.34. The van der Waals surface area contributed by atoms with Gasteiger partial charge in [-0.05, 0) is 33.6 Å². The van der Waals surface area contributed by atoms with Crippen LogP contribution in [0.3, 0.4) is 0 Å². The first-order valence-corrected chi connectivity index (χ1v) is 7.14. The molecule has 5 heteroatoms. The SMILES string of the molecule is CCC1OCCC1c1nnc(CCl)n1C(C)(C)C. The van der Waals surface area contributed by atoms with Crippen LogP contribution in [-0.4, -0.2) is 27.5 Å². The van der Waals surface area contributed by atoms with E-state index in [0.29, 0.717) is 11.8 Å². The fourth-order valence-electron chi connectivity index (χ4n) is 2.73. The smallest absolute Gasteiger partial charge is 0.148 e. The highest BCUT2D eigenvalue weighted by atomic mass is 35.5. The molecule has 1 aliphatic rings. The van der Waals surface area contributed by atoms with Crippen molar-refractivity contribution in [2.45, 2.75) is 64.0 Å². The number of nitrogens with zero attached hydrogens (tertiary/aromatic N) is 3. The molecule has 0 aromatic carbocycles. The van der Waals surface area contributed by atoms with E-state index in [1.807, 2.05) is 0 Å². The molecular formula is C13H22ClN3O. The third-order valence-electron chi connectivity index (χ3n) is 3.49. The van der Waals surface area contributed by atoms with E-state index in [-0.39, 0.29) is 11.6 Å². The van der Waals surface area contributed by atoms with Crippen molar-refractivity contribution in [2.75, 3.05) is 6.61 Å². The van der Waals surface area contributed by atoms with Crippen LogP contribution in [0.25, 0.3) is 0 Å². The number of rotatable bonds is 3. The topological polar surface area (TPSA) is 39.9 Å². The van der Waals surface area contributed by atoms with Gasteiger partial charge in [0.15, 0.2) is 0 Å². The lowest BCUT2D eigenvalue weighted by Gasteiger charge is -2.27. The van der Waals surface area contributed by atoms with Crippen LogP contribution in [0, 0.1) is 0 Å². The second-order valence-corrected chi connectivity index (χ2v) is 6.09. The van der Waals surface area contributed by atoms with Gasteiger partial charge in [0.25, 0.3) is 0 Å². The van der Waals surface area contributed by atoms with E-state index in [2.05, 4.69) is 42.5 Å². The lowest BCUT2D eigenvalue weighted by atomic mass is 9.97. The molecule has 102 valence electrons. The van der Waals surface area contributed by atoms with Crippen molar-refractivity contribution in [3.63, 3.8) is 0 Å². The zero-order valence-corrected chi connectivity index (χ0v) is 12.4. The van der Waals surface area contributed by atoms with Crippen LogP contribution >= 0.6 is 11.6 Å². The third-order valence-corrected chi connectivity index (χ3v) is 3.73. The molecule has 2 atom stereocenters. The van der Waals surface area contributed by atoms with Crippen LogP contribution < -0.4 is 0 Å². The molecule has 18 heavy (non-hydrogen) atoms. The van der Waals surface area contributed by atoms with Gasteiger partial charge < -0.3 is 9.30 Å². The van der Waals surface area contributed by atoms with Gasteiger partial charge in [0.2, 0.25) is 0 Å². The molecule has 1 aliphatic heterocycles. The number of hydrogen-bond donors (Lipinski definition) is 0. The normalized spacial score (nSPS) is 24.7. The van der Waals surface area contributed by atoms with Gasteiger partial charge in [-0.25, -0.2) is 0 Å². The van der Waals surface area contributed by atoms with Gasteiger partial charge in [0.1, 0.15) is 11.6 Å². The first-order valence-electron chi connectivity index (χ1n) is 6.61. The third kappa shape index (κ3) is 2.41. The summed E-state index contributed by atoms with van der Waals surface area (Å²) in [7, 11) is 0. The second kappa shape index (κ2) is 5.17. The molecule has 0 amide bonds. The molecule has 1 aromatic heterocycles. The number of ether oxygens (including phenoxy) is 1. The van der Waals surface area contributed by atoms with Crippen LogP contribution in [0.15, 0.2) is 0 Å². The Morgan fingerprint density at radius 2 is 2.11 bits per heavy atom. The fourth-order valence-corrected chi connectivity index (χ4v) is 2.91. The summed E-state index contributed by atoms with van der Waals surface area (Å²) in [6, 6.07) is 0. The largest absolute Gasteiger partial charge is 0.377 e. The maximum absolute atomic E-state index is 5.97. The van der Waals surface area contributed by atoms with E-state index in [4.69, 9.17) is 16.3 Å². The lowest BCUT2D eigenvalue weighted by Crippen LogP contribution is -2.29. The first kappa shape index (κ1) is 13.8. The van der Waals surface area contributed by atoms with Crippen molar-refractivity contribution < 1.29 is 4.74 Å². The molecule has 0 aliphatic carbocycles. The van der Waals surface area contributed by atoms with Crippen LogP contribution in [0.5, 0.6) is 0 Å². The Kier molecular flexibility index (Phi) is 3.97. The van der Waals surface area contributed by atoms with Crippen LogP contribution in [0.4, 0.5) is 0 Å². The summed E-state index contributed by atoms with van der Waals surface area (Å²) in [5, 5.41) is 8.62. The predicted octanol–water partition coefficient (Wildman–Crippen LogP) is 3.05. The van der Waals surface area contributed by atoms with Crippen molar-refractivity contribution in [3.8, 4) is 0 Å². The molecule has 1 fully saturated rings. The molecule has 2 rings (SSSR count). The van der Waals surface area contributed by atoms with Crippen molar-refractivity contribution in [1.82, 2.24) is 14.8 Å². The summed E-state index contributed by atoms with van der Waals surface area (Å²) in [5.74, 6) is 2.62. The molecule has 1 saturated heterocycles. The summed E-state index contributed by atoms with van der Waals surface area (Å²) >= 11 is 5.97. The molecule has 0 N–H and O–H groups in total. The van der Waals surface area contributed by atoms with E-state index in [1.54, 1.807) is 0 Å². The van der Waals surface area contributed by atoms with Crippen molar-refractivity contribution >= 4 is 11.6 Å². The summed E-state index contributed by atoms with van der Waals surface area (Å²) < 4.78 is 7.95. The predicted molar refractivity (Wildman–Crippen MR) is 72.0 cm³/mol. The molecule has 2 heterocycles. The molecule has 0 bridgehead atoms. The Balaban J connectivity index is 2.42. The standard InChI is InChI=1S/C13H22ClN3O/c1-5-10-9(6-7-18-10)12-16-15-11(8-14)17(12)13(2,3)4/h9-10H,5-8H2,1-4H3. The van der Waals surface area contributed by atoms with Crippen molar-refractivity contribution in [1.29, 1.82) is 0 Å².